The second kappa shape index (κ2) is 7.39. The van der Waals surface area contributed by atoms with Crippen LogP contribution in [0.4, 0.5) is 5.82 Å². The highest BCUT2D eigenvalue weighted by atomic mass is 32.1. The van der Waals surface area contributed by atoms with Crippen LogP contribution < -0.4 is 5.32 Å². The summed E-state index contributed by atoms with van der Waals surface area (Å²) < 4.78 is 0. The van der Waals surface area contributed by atoms with Crippen LogP contribution in [0.3, 0.4) is 0 Å². The minimum absolute atomic E-state index is 0.114. The van der Waals surface area contributed by atoms with Gasteiger partial charge in [-0.25, -0.2) is 9.97 Å². The molecule has 1 aliphatic rings. The van der Waals surface area contributed by atoms with Crippen molar-refractivity contribution in [3.63, 3.8) is 0 Å². The highest BCUT2D eigenvalue weighted by Crippen LogP contribution is 2.34. The van der Waals surface area contributed by atoms with E-state index in [1.165, 1.54) is 0 Å². The summed E-state index contributed by atoms with van der Waals surface area (Å²) in [6.07, 6.45) is 1.55. The molecule has 0 spiro atoms. The third-order valence-corrected chi connectivity index (χ3v) is 5.74. The number of benzene rings is 1. The maximum atomic E-state index is 12.4. The number of likely N-dealkylation sites (N-methyl/N-ethyl adjacent to an activating group) is 1. The Morgan fingerprint density at radius 1 is 1.15 bits per heavy atom. The minimum atomic E-state index is 0.114. The van der Waals surface area contributed by atoms with Gasteiger partial charge in [-0.05, 0) is 18.7 Å². The molecule has 6 nitrogen and oxygen atoms in total. The normalized spacial score (nSPS) is 15.3. The first-order valence-corrected chi connectivity index (χ1v) is 9.52. The van der Waals surface area contributed by atoms with Crippen molar-refractivity contribution in [3.05, 3.63) is 42.7 Å². The zero-order chi connectivity index (χ0) is 17.9. The van der Waals surface area contributed by atoms with Gasteiger partial charge in [0.2, 0.25) is 5.91 Å². The maximum absolute atomic E-state index is 12.4. The molecule has 0 saturated carbocycles. The number of thiophene rings is 1. The molecular formula is C19H21N5OS. The molecule has 1 aromatic carbocycles. The fourth-order valence-electron chi connectivity index (χ4n) is 3.07. The summed E-state index contributed by atoms with van der Waals surface area (Å²) in [7, 11) is 2.08. The lowest BCUT2D eigenvalue weighted by molar-refractivity contribution is -0.130. The Bertz CT molecular complexity index is 903. The Morgan fingerprint density at radius 2 is 1.92 bits per heavy atom. The first-order chi connectivity index (χ1) is 12.7. The quantitative estimate of drug-likeness (QED) is 0.768. The highest BCUT2D eigenvalue weighted by molar-refractivity contribution is 7.21. The van der Waals surface area contributed by atoms with Crippen molar-refractivity contribution < 1.29 is 4.79 Å². The lowest BCUT2D eigenvalue weighted by atomic mass is 10.2. The fourth-order valence-corrected chi connectivity index (χ4v) is 4.07. The summed E-state index contributed by atoms with van der Waals surface area (Å²) in [5, 5.41) is 4.17. The van der Waals surface area contributed by atoms with Crippen molar-refractivity contribution in [1.29, 1.82) is 0 Å². The van der Waals surface area contributed by atoms with Gasteiger partial charge in [-0.15, -0.1) is 11.3 Å². The van der Waals surface area contributed by atoms with E-state index in [4.69, 9.17) is 0 Å². The number of aromatic nitrogens is 2. The first-order valence-electron chi connectivity index (χ1n) is 8.71. The lowest BCUT2D eigenvalue weighted by Crippen LogP contribution is -2.48. The van der Waals surface area contributed by atoms with E-state index >= 15 is 0 Å². The van der Waals surface area contributed by atoms with Crippen LogP contribution >= 0.6 is 11.3 Å². The molecule has 0 unspecified atom stereocenters. The van der Waals surface area contributed by atoms with Crippen molar-refractivity contribution >= 4 is 33.3 Å². The summed E-state index contributed by atoms with van der Waals surface area (Å²) in [4.78, 5) is 27.4. The van der Waals surface area contributed by atoms with Gasteiger partial charge in [0.1, 0.15) is 17.0 Å². The Labute approximate surface area is 156 Å². The van der Waals surface area contributed by atoms with Crippen LogP contribution in [0.2, 0.25) is 0 Å². The Balaban J connectivity index is 1.50. The second-order valence-corrected chi connectivity index (χ2v) is 7.49. The minimum Gasteiger partial charge on any atom is -0.360 e. The predicted octanol–water partition coefficient (Wildman–Crippen LogP) is 2.54. The van der Waals surface area contributed by atoms with Crippen LogP contribution in [0, 0.1) is 0 Å². The fraction of sp³-hybridized carbons (Fsp3) is 0.316. The smallest absolute Gasteiger partial charge is 0.242 e. The molecular weight excluding hydrogens is 346 g/mol. The van der Waals surface area contributed by atoms with E-state index in [2.05, 4.69) is 45.4 Å². The van der Waals surface area contributed by atoms with Crippen molar-refractivity contribution in [1.82, 2.24) is 19.8 Å². The second-order valence-electron chi connectivity index (χ2n) is 6.46. The molecule has 1 saturated heterocycles. The average molecular weight is 367 g/mol. The SMILES string of the molecule is CN1CCN(C(=O)CNc2ncnc3sc(-c4ccccc4)cc23)CC1. The Kier molecular flexibility index (Phi) is 4.81. The van der Waals surface area contributed by atoms with Gasteiger partial charge >= 0.3 is 0 Å². The maximum Gasteiger partial charge on any atom is 0.242 e. The molecule has 3 aromatic rings. The van der Waals surface area contributed by atoms with Crippen LogP contribution in [0.1, 0.15) is 0 Å². The van der Waals surface area contributed by atoms with E-state index < -0.39 is 0 Å². The zero-order valence-electron chi connectivity index (χ0n) is 14.7. The number of carbonyl (C=O) groups excluding carboxylic acids is 1. The molecule has 26 heavy (non-hydrogen) atoms. The molecule has 1 amide bonds. The van der Waals surface area contributed by atoms with E-state index in [1.807, 2.05) is 23.1 Å². The molecule has 3 heterocycles. The molecule has 134 valence electrons. The number of hydrogen-bond donors (Lipinski definition) is 1. The van der Waals surface area contributed by atoms with Crippen LogP contribution in [0.25, 0.3) is 20.7 Å². The van der Waals surface area contributed by atoms with Crippen molar-refractivity contribution in [2.45, 2.75) is 0 Å². The summed E-state index contributed by atoms with van der Waals surface area (Å²) in [6.45, 7) is 3.68. The van der Waals surface area contributed by atoms with Crippen molar-refractivity contribution in [2.24, 2.45) is 0 Å². The van der Waals surface area contributed by atoms with Crippen molar-refractivity contribution in [2.75, 3.05) is 45.1 Å². The van der Waals surface area contributed by atoms with Crippen LogP contribution in [-0.4, -0.2) is 65.4 Å². The van der Waals surface area contributed by atoms with E-state index in [9.17, 15) is 4.79 Å². The van der Waals surface area contributed by atoms with Gasteiger partial charge in [0, 0.05) is 31.1 Å². The molecule has 0 aliphatic carbocycles. The Morgan fingerprint density at radius 3 is 2.69 bits per heavy atom. The number of amides is 1. The van der Waals surface area contributed by atoms with Gasteiger partial charge in [-0.3, -0.25) is 4.79 Å². The number of nitrogens with zero attached hydrogens (tertiary/aromatic N) is 4. The topological polar surface area (TPSA) is 61.4 Å². The molecule has 2 aromatic heterocycles. The highest BCUT2D eigenvalue weighted by Gasteiger charge is 2.19. The number of nitrogens with one attached hydrogen (secondary N) is 1. The predicted molar refractivity (Wildman–Crippen MR) is 105 cm³/mol. The van der Waals surface area contributed by atoms with Gasteiger partial charge < -0.3 is 15.1 Å². The number of piperazine rings is 1. The molecule has 4 rings (SSSR count). The summed E-state index contributed by atoms with van der Waals surface area (Å²) in [6, 6.07) is 12.3. The summed E-state index contributed by atoms with van der Waals surface area (Å²) in [5.74, 6) is 0.833. The number of fused-ring (bicyclic) bond motifs is 1. The molecule has 0 bridgehead atoms. The number of hydrogen-bond acceptors (Lipinski definition) is 6. The van der Waals surface area contributed by atoms with Crippen LogP contribution in [-0.2, 0) is 4.79 Å². The largest absolute Gasteiger partial charge is 0.360 e. The molecule has 0 radical (unpaired) electrons. The molecule has 1 aliphatic heterocycles. The van der Waals surface area contributed by atoms with Gasteiger partial charge in [-0.2, -0.15) is 0 Å². The van der Waals surface area contributed by atoms with E-state index in [0.717, 1.165) is 52.7 Å². The number of carbonyl (C=O) groups is 1. The van der Waals surface area contributed by atoms with E-state index in [-0.39, 0.29) is 12.5 Å². The molecule has 7 heteroatoms. The average Bonchev–Trinajstić information content (AvgIpc) is 3.12. The molecule has 0 atom stereocenters. The van der Waals surface area contributed by atoms with Gasteiger partial charge in [0.15, 0.2) is 0 Å². The molecule has 1 fully saturated rings. The third kappa shape index (κ3) is 3.54. The number of anilines is 1. The van der Waals surface area contributed by atoms with Gasteiger partial charge in [-0.1, -0.05) is 30.3 Å². The first kappa shape index (κ1) is 16.9. The lowest BCUT2D eigenvalue weighted by Gasteiger charge is -2.32. The van der Waals surface area contributed by atoms with Gasteiger partial charge in [0.05, 0.1) is 11.9 Å². The van der Waals surface area contributed by atoms with Gasteiger partial charge in [0.25, 0.3) is 0 Å². The monoisotopic (exact) mass is 367 g/mol. The zero-order valence-corrected chi connectivity index (χ0v) is 15.5. The standard InChI is InChI=1S/C19H21N5OS/c1-23-7-9-24(10-8-23)17(25)12-20-18-15-11-16(14-5-3-2-4-6-14)26-19(15)22-13-21-18/h2-6,11,13H,7-10,12H2,1H3,(H,20,21,22). The van der Waals surface area contributed by atoms with Crippen LogP contribution in [0.15, 0.2) is 42.7 Å². The number of rotatable bonds is 4. The summed E-state index contributed by atoms with van der Waals surface area (Å²) in [5.41, 5.74) is 1.16. The third-order valence-electron chi connectivity index (χ3n) is 4.65. The van der Waals surface area contributed by atoms with E-state index in [1.54, 1.807) is 17.7 Å². The van der Waals surface area contributed by atoms with Crippen LogP contribution in [0.5, 0.6) is 0 Å². The summed E-state index contributed by atoms with van der Waals surface area (Å²) >= 11 is 1.64. The van der Waals surface area contributed by atoms with Crippen molar-refractivity contribution in [3.8, 4) is 10.4 Å². The molecule has 1 N–H and O–H groups in total. The van der Waals surface area contributed by atoms with E-state index in [0.29, 0.717) is 0 Å². The Hall–Kier alpha value is -2.51.